The highest BCUT2D eigenvalue weighted by molar-refractivity contribution is 5.95. The fourth-order valence-corrected chi connectivity index (χ4v) is 4.58. The van der Waals surface area contributed by atoms with Gasteiger partial charge in [0.1, 0.15) is 12.2 Å². The zero-order chi connectivity index (χ0) is 20.5. The summed E-state index contributed by atoms with van der Waals surface area (Å²) in [5.74, 6) is 0.218. The summed E-state index contributed by atoms with van der Waals surface area (Å²) < 4.78 is 14.0. The molecule has 2 saturated heterocycles. The van der Waals surface area contributed by atoms with Crippen molar-refractivity contribution in [3.63, 3.8) is 0 Å². The monoisotopic (exact) mass is 395 g/mol. The second-order valence-electron chi connectivity index (χ2n) is 8.35. The summed E-state index contributed by atoms with van der Waals surface area (Å²) in [6.45, 7) is 6.33. The molecule has 1 aromatic heterocycles. The molecule has 4 atom stereocenters. The van der Waals surface area contributed by atoms with Crippen LogP contribution in [0.2, 0.25) is 0 Å². The predicted octanol–water partition coefficient (Wildman–Crippen LogP) is 2.24. The molecule has 0 saturated carbocycles. The molecule has 2 aliphatic heterocycles. The topological polar surface area (TPSA) is 81.0 Å². The highest BCUT2D eigenvalue weighted by Gasteiger charge is 2.41. The Labute approximate surface area is 170 Å². The predicted molar refractivity (Wildman–Crippen MR) is 110 cm³/mol. The van der Waals surface area contributed by atoms with Crippen LogP contribution in [-0.4, -0.2) is 49.3 Å². The van der Waals surface area contributed by atoms with E-state index in [2.05, 4.69) is 40.4 Å². The van der Waals surface area contributed by atoms with Gasteiger partial charge in [-0.25, -0.2) is 4.39 Å². The highest BCUT2D eigenvalue weighted by atomic mass is 19.1. The second kappa shape index (κ2) is 7.96. The SMILES string of the molecule is CC(C)[C@@H]1CN(c2ccc(C#N)c3ncccc23)C[C@H]1C(=O)N[C@H]1CNC[C@H]1F. The number of amides is 1. The molecule has 6 nitrogen and oxygen atoms in total. The lowest BCUT2D eigenvalue weighted by Crippen LogP contribution is -2.46. The van der Waals surface area contributed by atoms with Gasteiger partial charge in [0.15, 0.2) is 0 Å². The normalized spacial score (nSPS) is 26.8. The molecular weight excluding hydrogens is 369 g/mol. The molecule has 2 N–H and O–H groups in total. The van der Waals surface area contributed by atoms with Crippen LogP contribution in [0.15, 0.2) is 30.5 Å². The quantitative estimate of drug-likeness (QED) is 0.830. The van der Waals surface area contributed by atoms with Crippen molar-refractivity contribution in [2.24, 2.45) is 17.8 Å². The molecular formula is C22H26FN5O. The molecule has 7 heteroatoms. The number of halogens is 1. The summed E-state index contributed by atoms with van der Waals surface area (Å²) in [7, 11) is 0. The molecule has 0 spiro atoms. The first-order chi connectivity index (χ1) is 14.0. The van der Waals surface area contributed by atoms with Gasteiger partial charge >= 0.3 is 0 Å². The fourth-order valence-electron chi connectivity index (χ4n) is 4.58. The standard InChI is InChI=1S/C22H26FN5O/c1-13(2)16-11-28(12-17(16)22(29)27-19-10-25-9-18(19)23)20-6-5-14(8-24)21-15(20)4-3-7-26-21/h3-7,13,16-19,25H,9-12H2,1-2H3,(H,27,29)/t16-,17+,18+,19-/m0/s1. The van der Waals surface area contributed by atoms with Gasteiger partial charge in [-0.1, -0.05) is 13.8 Å². The largest absolute Gasteiger partial charge is 0.370 e. The van der Waals surface area contributed by atoms with Crippen LogP contribution in [0, 0.1) is 29.1 Å². The summed E-state index contributed by atoms with van der Waals surface area (Å²) >= 11 is 0. The molecule has 2 aromatic rings. The number of anilines is 1. The lowest BCUT2D eigenvalue weighted by molar-refractivity contribution is -0.126. The van der Waals surface area contributed by atoms with Gasteiger partial charge in [-0.05, 0) is 36.1 Å². The van der Waals surface area contributed by atoms with Gasteiger partial charge in [0.2, 0.25) is 5.91 Å². The average molecular weight is 395 g/mol. The number of benzene rings is 1. The Morgan fingerprint density at radius 1 is 1.34 bits per heavy atom. The highest BCUT2D eigenvalue weighted by Crippen LogP contribution is 2.37. The maximum atomic E-state index is 14.0. The Morgan fingerprint density at radius 2 is 2.17 bits per heavy atom. The lowest BCUT2D eigenvalue weighted by atomic mass is 9.85. The van der Waals surface area contributed by atoms with Crippen LogP contribution in [0.25, 0.3) is 10.9 Å². The Balaban J connectivity index is 1.61. The number of nitriles is 1. The molecule has 0 radical (unpaired) electrons. The maximum absolute atomic E-state index is 14.0. The number of rotatable bonds is 4. The van der Waals surface area contributed by atoms with E-state index < -0.39 is 12.2 Å². The molecule has 1 amide bonds. The van der Waals surface area contributed by atoms with Crippen LogP contribution in [0.4, 0.5) is 10.1 Å². The van der Waals surface area contributed by atoms with E-state index in [4.69, 9.17) is 0 Å². The van der Waals surface area contributed by atoms with Crippen LogP contribution < -0.4 is 15.5 Å². The van der Waals surface area contributed by atoms with Gasteiger partial charge < -0.3 is 15.5 Å². The summed E-state index contributed by atoms with van der Waals surface area (Å²) in [5.41, 5.74) is 2.21. The Bertz CT molecular complexity index is 956. The van der Waals surface area contributed by atoms with E-state index in [0.717, 1.165) is 17.6 Å². The van der Waals surface area contributed by atoms with Crippen molar-refractivity contribution < 1.29 is 9.18 Å². The van der Waals surface area contributed by atoms with Crippen molar-refractivity contribution in [3.05, 3.63) is 36.0 Å². The van der Waals surface area contributed by atoms with Crippen LogP contribution in [0.3, 0.4) is 0 Å². The number of nitrogens with one attached hydrogen (secondary N) is 2. The fraction of sp³-hybridized carbons (Fsp3) is 0.500. The molecule has 2 aliphatic rings. The third-order valence-corrected chi connectivity index (χ3v) is 6.23. The number of carbonyl (C=O) groups is 1. The van der Waals surface area contributed by atoms with Gasteiger partial charge in [0, 0.05) is 43.4 Å². The first-order valence-corrected chi connectivity index (χ1v) is 10.2. The summed E-state index contributed by atoms with van der Waals surface area (Å²) in [6.07, 6.45) is 0.648. The molecule has 1 aromatic carbocycles. The zero-order valence-electron chi connectivity index (χ0n) is 16.7. The van der Waals surface area contributed by atoms with E-state index >= 15 is 0 Å². The van der Waals surface area contributed by atoms with E-state index in [1.807, 2.05) is 18.2 Å². The minimum Gasteiger partial charge on any atom is -0.370 e. The zero-order valence-corrected chi connectivity index (χ0v) is 16.7. The second-order valence-corrected chi connectivity index (χ2v) is 8.35. The Hall–Kier alpha value is -2.72. The number of alkyl halides is 1. The van der Waals surface area contributed by atoms with Gasteiger partial charge in [-0.2, -0.15) is 5.26 Å². The number of hydrogen-bond acceptors (Lipinski definition) is 5. The Kier molecular flexibility index (Phi) is 5.37. The van der Waals surface area contributed by atoms with Crippen molar-refractivity contribution in [2.45, 2.75) is 26.1 Å². The molecule has 0 unspecified atom stereocenters. The van der Waals surface area contributed by atoms with E-state index in [-0.39, 0.29) is 17.7 Å². The van der Waals surface area contributed by atoms with Crippen LogP contribution >= 0.6 is 0 Å². The van der Waals surface area contributed by atoms with Crippen molar-refractivity contribution in [1.82, 2.24) is 15.6 Å². The number of fused-ring (bicyclic) bond motifs is 1. The first kappa shape index (κ1) is 19.6. The average Bonchev–Trinajstić information content (AvgIpc) is 3.34. The molecule has 0 bridgehead atoms. The number of nitrogens with zero attached hydrogens (tertiary/aromatic N) is 3. The number of hydrogen-bond donors (Lipinski definition) is 2. The van der Waals surface area contributed by atoms with E-state index in [1.54, 1.807) is 12.3 Å². The van der Waals surface area contributed by atoms with Crippen molar-refractivity contribution in [2.75, 3.05) is 31.1 Å². The minimum atomic E-state index is -1.04. The van der Waals surface area contributed by atoms with Gasteiger partial charge in [0.25, 0.3) is 0 Å². The van der Waals surface area contributed by atoms with Crippen LogP contribution in [0.5, 0.6) is 0 Å². The van der Waals surface area contributed by atoms with Gasteiger partial charge in [-0.15, -0.1) is 0 Å². The smallest absolute Gasteiger partial charge is 0.225 e. The third kappa shape index (κ3) is 3.65. The Morgan fingerprint density at radius 3 is 2.86 bits per heavy atom. The van der Waals surface area contributed by atoms with Crippen molar-refractivity contribution in [1.29, 1.82) is 5.26 Å². The number of carbonyl (C=O) groups excluding carboxylic acids is 1. The summed E-state index contributed by atoms with van der Waals surface area (Å²) in [6, 6.07) is 9.31. The molecule has 2 fully saturated rings. The summed E-state index contributed by atoms with van der Waals surface area (Å²) in [4.78, 5) is 19.6. The van der Waals surface area contributed by atoms with Crippen molar-refractivity contribution >= 4 is 22.5 Å². The van der Waals surface area contributed by atoms with E-state index in [1.165, 1.54) is 0 Å². The van der Waals surface area contributed by atoms with Crippen LogP contribution in [-0.2, 0) is 4.79 Å². The molecule has 0 aliphatic carbocycles. The third-order valence-electron chi connectivity index (χ3n) is 6.23. The summed E-state index contributed by atoms with van der Waals surface area (Å²) in [5, 5.41) is 16.2. The lowest BCUT2D eigenvalue weighted by Gasteiger charge is -2.23. The van der Waals surface area contributed by atoms with Gasteiger partial charge in [0.05, 0.1) is 23.0 Å². The molecule has 152 valence electrons. The maximum Gasteiger partial charge on any atom is 0.225 e. The van der Waals surface area contributed by atoms with Crippen LogP contribution in [0.1, 0.15) is 19.4 Å². The minimum absolute atomic E-state index is 0.0707. The number of pyridine rings is 1. The molecule has 3 heterocycles. The first-order valence-electron chi connectivity index (χ1n) is 10.2. The number of aromatic nitrogens is 1. The van der Waals surface area contributed by atoms with E-state index in [0.29, 0.717) is 36.6 Å². The van der Waals surface area contributed by atoms with Crippen molar-refractivity contribution in [3.8, 4) is 6.07 Å². The molecule has 4 rings (SSSR count). The van der Waals surface area contributed by atoms with Gasteiger partial charge in [-0.3, -0.25) is 9.78 Å². The molecule has 29 heavy (non-hydrogen) atoms. The van der Waals surface area contributed by atoms with E-state index in [9.17, 15) is 14.4 Å².